The van der Waals surface area contributed by atoms with E-state index in [1.54, 1.807) is 12.3 Å². The van der Waals surface area contributed by atoms with Crippen LogP contribution in [0.15, 0.2) is 59.5 Å². The molecule has 0 saturated heterocycles. The van der Waals surface area contributed by atoms with Crippen molar-refractivity contribution in [3.8, 4) is 0 Å². The first kappa shape index (κ1) is 21.8. The number of hydrogen-bond acceptors (Lipinski definition) is 4. The van der Waals surface area contributed by atoms with E-state index in [1.165, 1.54) is 4.40 Å². The zero-order chi connectivity index (χ0) is 22.7. The predicted octanol–water partition coefficient (Wildman–Crippen LogP) is 3.55. The molecule has 0 radical (unpaired) electrons. The number of rotatable bonds is 8. The second-order valence-electron chi connectivity index (χ2n) is 8.17. The number of carbonyl (C=O) groups excluding carboxylic acids is 1. The number of carbonyl (C=O) groups is 1. The van der Waals surface area contributed by atoms with Gasteiger partial charge in [-0.2, -0.15) is 0 Å². The van der Waals surface area contributed by atoms with Crippen LogP contribution in [-0.2, 0) is 11.3 Å². The summed E-state index contributed by atoms with van der Waals surface area (Å²) in [6.07, 6.45) is 2.59. The summed E-state index contributed by atoms with van der Waals surface area (Å²) in [5, 5.41) is 3.38. The molecule has 0 spiro atoms. The van der Waals surface area contributed by atoms with Crippen LogP contribution in [0, 0.1) is 6.92 Å². The van der Waals surface area contributed by atoms with Gasteiger partial charge < -0.3 is 14.6 Å². The zero-order valence-corrected chi connectivity index (χ0v) is 18.7. The minimum atomic E-state index is -0.228. The average molecular weight is 433 g/mol. The normalized spacial score (nSPS) is 11.5. The van der Waals surface area contributed by atoms with E-state index in [2.05, 4.69) is 5.32 Å². The van der Waals surface area contributed by atoms with Gasteiger partial charge in [-0.15, -0.1) is 0 Å². The Morgan fingerprint density at radius 3 is 2.66 bits per heavy atom. The molecule has 3 heterocycles. The Morgan fingerprint density at radius 1 is 1.12 bits per heavy atom. The number of aromatic nitrogens is 3. The molecule has 1 aromatic carbocycles. The Labute approximate surface area is 186 Å². The van der Waals surface area contributed by atoms with Crippen LogP contribution in [0.5, 0.6) is 0 Å². The molecule has 7 nitrogen and oxygen atoms in total. The minimum Gasteiger partial charge on any atom is -0.379 e. The van der Waals surface area contributed by atoms with Crippen LogP contribution in [0.1, 0.15) is 41.9 Å². The molecule has 0 bridgehead atoms. The monoisotopic (exact) mass is 432 g/mol. The van der Waals surface area contributed by atoms with Gasteiger partial charge in [0, 0.05) is 25.9 Å². The third-order valence-corrected chi connectivity index (χ3v) is 5.37. The molecule has 0 unspecified atom stereocenters. The summed E-state index contributed by atoms with van der Waals surface area (Å²) in [5.41, 5.74) is 3.27. The Morgan fingerprint density at radius 2 is 1.91 bits per heavy atom. The number of aryl methyl sites for hydroxylation is 1. The van der Waals surface area contributed by atoms with Crippen molar-refractivity contribution in [2.45, 2.75) is 39.8 Å². The first-order valence-corrected chi connectivity index (χ1v) is 10.9. The summed E-state index contributed by atoms with van der Waals surface area (Å²) in [5.74, 6) is -0.228. The highest BCUT2D eigenvalue weighted by Gasteiger charge is 2.20. The summed E-state index contributed by atoms with van der Waals surface area (Å²) in [6.45, 7) is 7.41. The van der Waals surface area contributed by atoms with Gasteiger partial charge >= 0.3 is 0 Å². The first-order valence-electron chi connectivity index (χ1n) is 10.9. The highest BCUT2D eigenvalue weighted by atomic mass is 16.5. The summed E-state index contributed by atoms with van der Waals surface area (Å²) < 4.78 is 8.91. The van der Waals surface area contributed by atoms with Crippen molar-refractivity contribution >= 4 is 22.6 Å². The number of fused-ring (bicyclic) bond motifs is 2. The topological polar surface area (TPSA) is 77.6 Å². The van der Waals surface area contributed by atoms with Gasteiger partial charge in [0.05, 0.1) is 11.5 Å². The van der Waals surface area contributed by atoms with Gasteiger partial charge in [0.15, 0.2) is 0 Å². The summed E-state index contributed by atoms with van der Waals surface area (Å²) >= 11 is 0. The summed E-state index contributed by atoms with van der Waals surface area (Å²) in [6, 6.07) is 15.3. The lowest BCUT2D eigenvalue weighted by atomic mass is 10.2. The maximum Gasteiger partial charge on any atom is 0.268 e. The van der Waals surface area contributed by atoms with E-state index in [0.717, 1.165) is 11.1 Å². The van der Waals surface area contributed by atoms with Crippen molar-refractivity contribution in [1.29, 1.82) is 0 Å². The van der Waals surface area contributed by atoms with Crippen LogP contribution in [0.2, 0.25) is 0 Å². The van der Waals surface area contributed by atoms with Gasteiger partial charge in [-0.3, -0.25) is 14.0 Å². The Bertz CT molecular complexity index is 1310. The molecule has 0 aliphatic rings. The number of nitrogens with one attached hydrogen (secondary N) is 1. The smallest absolute Gasteiger partial charge is 0.268 e. The second-order valence-corrected chi connectivity index (χ2v) is 8.17. The van der Waals surface area contributed by atoms with E-state index in [1.807, 2.05) is 67.8 Å². The number of benzene rings is 1. The lowest BCUT2D eigenvalue weighted by molar-refractivity contribution is 0.0756. The van der Waals surface area contributed by atoms with Crippen molar-refractivity contribution in [3.05, 3.63) is 81.9 Å². The molecule has 4 rings (SSSR count). The quantitative estimate of drug-likeness (QED) is 0.432. The molecule has 7 heteroatoms. The Balaban J connectivity index is 1.75. The highest BCUT2D eigenvalue weighted by molar-refractivity contribution is 5.98. The van der Waals surface area contributed by atoms with E-state index >= 15 is 0 Å². The average Bonchev–Trinajstić information content (AvgIpc) is 3.13. The van der Waals surface area contributed by atoms with Crippen LogP contribution in [0.3, 0.4) is 0 Å². The summed E-state index contributed by atoms with van der Waals surface area (Å²) in [7, 11) is 0. The fourth-order valence-corrected chi connectivity index (χ4v) is 3.76. The van der Waals surface area contributed by atoms with Crippen molar-refractivity contribution in [3.63, 3.8) is 0 Å². The lowest BCUT2D eigenvalue weighted by Gasteiger charge is -2.12. The number of ether oxygens (including phenoxy) is 1. The van der Waals surface area contributed by atoms with Gasteiger partial charge in [-0.1, -0.05) is 36.4 Å². The van der Waals surface area contributed by atoms with Crippen LogP contribution in [-0.4, -0.2) is 39.1 Å². The molecule has 0 saturated carbocycles. The van der Waals surface area contributed by atoms with Crippen LogP contribution in [0.25, 0.3) is 16.7 Å². The standard InChI is InChI=1S/C25H28N4O3/c1-17(2)32-14-8-12-26-24(30)21-15-20-23(29(21)16-19-10-5-4-6-11-19)27-22-18(3)9-7-13-28(22)25(20)31/h4-7,9-11,13,15,17H,8,12,14,16H2,1-3H3,(H,26,30). The fraction of sp³-hybridized carbons (Fsp3) is 0.320. The Hall–Kier alpha value is -3.45. The third kappa shape index (κ3) is 4.43. The molecule has 32 heavy (non-hydrogen) atoms. The molecule has 166 valence electrons. The Kier molecular flexibility index (Phi) is 6.37. The van der Waals surface area contributed by atoms with Gasteiger partial charge in [0.1, 0.15) is 17.0 Å². The molecular formula is C25H28N4O3. The number of nitrogens with zero attached hydrogens (tertiary/aromatic N) is 3. The molecule has 3 aromatic heterocycles. The number of pyridine rings is 1. The maximum absolute atomic E-state index is 13.2. The zero-order valence-electron chi connectivity index (χ0n) is 18.7. The number of hydrogen-bond donors (Lipinski definition) is 1. The minimum absolute atomic E-state index is 0.163. The fourth-order valence-electron chi connectivity index (χ4n) is 3.76. The molecule has 1 N–H and O–H groups in total. The molecule has 0 atom stereocenters. The third-order valence-electron chi connectivity index (χ3n) is 5.37. The van der Waals surface area contributed by atoms with Crippen molar-refractivity contribution in [2.24, 2.45) is 0 Å². The van der Waals surface area contributed by atoms with E-state index in [4.69, 9.17) is 9.72 Å². The van der Waals surface area contributed by atoms with Crippen LogP contribution in [0.4, 0.5) is 0 Å². The molecule has 1 amide bonds. The van der Waals surface area contributed by atoms with E-state index in [9.17, 15) is 9.59 Å². The van der Waals surface area contributed by atoms with Gasteiger partial charge in [-0.05, 0) is 50.5 Å². The molecule has 0 aliphatic carbocycles. The molecule has 0 fully saturated rings. The van der Waals surface area contributed by atoms with Crippen LogP contribution < -0.4 is 10.9 Å². The molecule has 4 aromatic rings. The first-order chi connectivity index (χ1) is 15.5. The predicted molar refractivity (Wildman–Crippen MR) is 125 cm³/mol. The van der Waals surface area contributed by atoms with Crippen LogP contribution >= 0.6 is 0 Å². The molecular weight excluding hydrogens is 404 g/mol. The van der Waals surface area contributed by atoms with Gasteiger partial charge in [0.25, 0.3) is 11.5 Å². The number of amides is 1. The summed E-state index contributed by atoms with van der Waals surface area (Å²) in [4.78, 5) is 31.1. The molecule has 0 aliphatic heterocycles. The van der Waals surface area contributed by atoms with Crippen molar-refractivity contribution in [2.75, 3.05) is 13.2 Å². The SMILES string of the molecule is Cc1cccn2c(=O)c3cc(C(=O)NCCCOC(C)C)n(Cc4ccccc4)c3nc12. The van der Waals surface area contributed by atoms with Gasteiger partial charge in [0.2, 0.25) is 0 Å². The van der Waals surface area contributed by atoms with E-state index in [0.29, 0.717) is 48.5 Å². The largest absolute Gasteiger partial charge is 0.379 e. The maximum atomic E-state index is 13.2. The highest BCUT2D eigenvalue weighted by Crippen LogP contribution is 2.19. The lowest BCUT2D eigenvalue weighted by Crippen LogP contribution is -2.28. The van der Waals surface area contributed by atoms with Gasteiger partial charge in [-0.25, -0.2) is 4.98 Å². The second kappa shape index (κ2) is 9.36. The van der Waals surface area contributed by atoms with Crippen molar-refractivity contribution < 1.29 is 9.53 Å². The van der Waals surface area contributed by atoms with Crippen molar-refractivity contribution in [1.82, 2.24) is 19.3 Å². The van der Waals surface area contributed by atoms with E-state index < -0.39 is 0 Å². The van der Waals surface area contributed by atoms with E-state index in [-0.39, 0.29) is 17.6 Å².